The number of likely N-dealkylation sites (tertiary alicyclic amines) is 1. The maximum Gasteiger partial charge on any atom is 0.225 e. The van der Waals surface area contributed by atoms with E-state index in [9.17, 15) is 4.79 Å². The lowest BCUT2D eigenvalue weighted by atomic mass is 10.0. The Morgan fingerprint density at radius 2 is 2.05 bits per heavy atom. The van der Waals surface area contributed by atoms with E-state index in [1.54, 1.807) is 0 Å². The molecule has 4 nitrogen and oxygen atoms in total. The van der Waals surface area contributed by atoms with Crippen molar-refractivity contribution in [1.82, 2.24) is 15.5 Å². The molecule has 1 unspecified atom stereocenters. The third-order valence-electron chi connectivity index (χ3n) is 4.65. The number of carbonyl (C=O) groups excluding carboxylic acids is 1. The molecule has 2 aliphatic rings. The minimum atomic E-state index is 0. The molecule has 22 heavy (non-hydrogen) atoms. The Hall–Kier alpha value is -1.10. The molecule has 0 saturated carbocycles. The minimum absolute atomic E-state index is 0. The van der Waals surface area contributed by atoms with Crippen molar-refractivity contribution in [3.63, 3.8) is 0 Å². The zero-order valence-corrected chi connectivity index (χ0v) is 13.8. The van der Waals surface area contributed by atoms with Crippen LogP contribution in [0.25, 0.3) is 0 Å². The third-order valence-corrected chi connectivity index (χ3v) is 4.65. The lowest BCUT2D eigenvalue weighted by Crippen LogP contribution is -2.51. The van der Waals surface area contributed by atoms with Gasteiger partial charge < -0.3 is 15.5 Å². The first-order valence-corrected chi connectivity index (χ1v) is 8.06. The Balaban J connectivity index is 0.00000176. The molecule has 1 amide bonds. The van der Waals surface area contributed by atoms with Gasteiger partial charge in [-0.25, -0.2) is 0 Å². The van der Waals surface area contributed by atoms with E-state index in [-0.39, 0.29) is 24.2 Å². The largest absolute Gasteiger partial charge is 0.355 e. The van der Waals surface area contributed by atoms with Gasteiger partial charge >= 0.3 is 0 Å². The van der Waals surface area contributed by atoms with E-state index >= 15 is 0 Å². The van der Waals surface area contributed by atoms with Crippen molar-refractivity contribution in [2.24, 2.45) is 11.8 Å². The van der Waals surface area contributed by atoms with Crippen molar-refractivity contribution < 1.29 is 4.79 Å². The number of halogens is 1. The highest BCUT2D eigenvalue weighted by Crippen LogP contribution is 2.16. The van der Waals surface area contributed by atoms with Gasteiger partial charge in [0.05, 0.1) is 5.92 Å². The van der Waals surface area contributed by atoms with Gasteiger partial charge in [-0.15, -0.1) is 12.4 Å². The van der Waals surface area contributed by atoms with Crippen LogP contribution in [-0.4, -0.2) is 50.1 Å². The van der Waals surface area contributed by atoms with Gasteiger partial charge in [-0.05, 0) is 30.9 Å². The molecule has 1 atom stereocenters. The number of rotatable bonds is 6. The van der Waals surface area contributed by atoms with Crippen LogP contribution in [0.3, 0.4) is 0 Å². The van der Waals surface area contributed by atoms with Gasteiger partial charge in [0.2, 0.25) is 5.91 Å². The van der Waals surface area contributed by atoms with Crippen LogP contribution in [-0.2, 0) is 11.2 Å². The number of benzene rings is 1. The molecular weight excluding hydrogens is 298 g/mol. The van der Waals surface area contributed by atoms with E-state index in [0.717, 1.165) is 39.1 Å². The summed E-state index contributed by atoms with van der Waals surface area (Å²) in [5, 5.41) is 6.26. The molecule has 2 N–H and O–H groups in total. The summed E-state index contributed by atoms with van der Waals surface area (Å²) in [5.41, 5.74) is 1.41. The van der Waals surface area contributed by atoms with Gasteiger partial charge in [-0.3, -0.25) is 4.79 Å². The van der Waals surface area contributed by atoms with Crippen LogP contribution in [0.2, 0.25) is 0 Å². The molecule has 1 aromatic carbocycles. The van der Waals surface area contributed by atoms with Gasteiger partial charge in [0, 0.05) is 32.7 Å². The van der Waals surface area contributed by atoms with Crippen LogP contribution in [0.4, 0.5) is 0 Å². The van der Waals surface area contributed by atoms with Crippen LogP contribution in [0.5, 0.6) is 0 Å². The number of nitrogens with zero attached hydrogens (tertiary/aromatic N) is 1. The molecule has 2 heterocycles. The summed E-state index contributed by atoms with van der Waals surface area (Å²) in [6, 6.07) is 10.7. The van der Waals surface area contributed by atoms with Crippen molar-refractivity contribution in [2.45, 2.75) is 12.8 Å². The molecule has 2 saturated heterocycles. The zero-order chi connectivity index (χ0) is 14.5. The molecule has 0 bridgehead atoms. The smallest absolute Gasteiger partial charge is 0.225 e. The number of nitrogens with one attached hydrogen (secondary N) is 2. The van der Waals surface area contributed by atoms with Crippen molar-refractivity contribution >= 4 is 18.3 Å². The summed E-state index contributed by atoms with van der Waals surface area (Å²) in [5.74, 6) is 1.06. The van der Waals surface area contributed by atoms with Gasteiger partial charge in [0.15, 0.2) is 0 Å². The molecule has 0 spiro atoms. The molecule has 0 aromatic heterocycles. The lowest BCUT2D eigenvalue weighted by Gasteiger charge is -2.26. The van der Waals surface area contributed by atoms with Crippen molar-refractivity contribution in [3.05, 3.63) is 35.9 Å². The SMILES string of the molecule is Cl.O=C(NCC1CCN(CCc2ccccc2)C1)C1CNC1. The second kappa shape index (κ2) is 8.51. The summed E-state index contributed by atoms with van der Waals surface area (Å²) in [7, 11) is 0. The topological polar surface area (TPSA) is 44.4 Å². The normalized spacial score (nSPS) is 21.9. The van der Waals surface area contributed by atoms with E-state index in [2.05, 4.69) is 45.9 Å². The average Bonchev–Trinajstić information content (AvgIpc) is 2.90. The van der Waals surface area contributed by atoms with Crippen LogP contribution in [0.15, 0.2) is 30.3 Å². The predicted octanol–water partition coefficient (Wildman–Crippen LogP) is 1.31. The fourth-order valence-corrected chi connectivity index (χ4v) is 3.08. The lowest BCUT2D eigenvalue weighted by molar-refractivity contribution is -0.126. The van der Waals surface area contributed by atoms with Gasteiger partial charge in [-0.2, -0.15) is 0 Å². The Kier molecular flexibility index (Phi) is 6.68. The molecule has 2 aliphatic heterocycles. The Morgan fingerprint density at radius 1 is 1.27 bits per heavy atom. The van der Waals surface area contributed by atoms with Crippen LogP contribution in [0, 0.1) is 11.8 Å². The van der Waals surface area contributed by atoms with E-state index < -0.39 is 0 Å². The van der Waals surface area contributed by atoms with Crippen LogP contribution in [0.1, 0.15) is 12.0 Å². The Labute approximate surface area is 139 Å². The fourth-order valence-electron chi connectivity index (χ4n) is 3.08. The van der Waals surface area contributed by atoms with Gasteiger partial charge in [-0.1, -0.05) is 30.3 Å². The van der Waals surface area contributed by atoms with E-state index in [1.807, 2.05) is 0 Å². The summed E-state index contributed by atoms with van der Waals surface area (Å²) in [4.78, 5) is 14.3. The maximum atomic E-state index is 11.8. The number of hydrogen-bond acceptors (Lipinski definition) is 3. The number of hydrogen-bond donors (Lipinski definition) is 2. The summed E-state index contributed by atoms with van der Waals surface area (Å²) < 4.78 is 0. The summed E-state index contributed by atoms with van der Waals surface area (Å²) in [6.45, 7) is 5.95. The maximum absolute atomic E-state index is 11.8. The standard InChI is InChI=1S/C17H25N3O.ClH/c21-17(16-11-18-12-16)19-10-15-7-9-20(13-15)8-6-14-4-2-1-3-5-14;/h1-5,15-16,18H,6-13H2,(H,19,21);1H. The average molecular weight is 324 g/mol. The van der Waals surface area contributed by atoms with Crippen molar-refractivity contribution in [1.29, 1.82) is 0 Å². The first-order valence-electron chi connectivity index (χ1n) is 8.06. The molecule has 1 aromatic rings. The van der Waals surface area contributed by atoms with Crippen molar-refractivity contribution in [2.75, 3.05) is 39.3 Å². The highest BCUT2D eigenvalue weighted by molar-refractivity contribution is 5.85. The Morgan fingerprint density at radius 3 is 2.73 bits per heavy atom. The molecule has 3 rings (SSSR count). The van der Waals surface area contributed by atoms with Crippen molar-refractivity contribution in [3.8, 4) is 0 Å². The third kappa shape index (κ3) is 4.70. The second-order valence-electron chi connectivity index (χ2n) is 6.29. The van der Waals surface area contributed by atoms with Crippen LogP contribution < -0.4 is 10.6 Å². The predicted molar refractivity (Wildman–Crippen MR) is 91.3 cm³/mol. The first kappa shape index (κ1) is 17.3. The summed E-state index contributed by atoms with van der Waals surface area (Å²) in [6.07, 6.45) is 2.33. The van der Waals surface area contributed by atoms with Crippen LogP contribution >= 0.6 is 12.4 Å². The fraction of sp³-hybridized carbons (Fsp3) is 0.588. The number of carbonyl (C=O) groups is 1. The zero-order valence-electron chi connectivity index (χ0n) is 13.0. The van der Waals surface area contributed by atoms with E-state index in [1.165, 1.54) is 18.5 Å². The molecule has 0 radical (unpaired) electrons. The minimum Gasteiger partial charge on any atom is -0.355 e. The van der Waals surface area contributed by atoms with E-state index in [0.29, 0.717) is 5.92 Å². The number of amides is 1. The molecule has 2 fully saturated rings. The molecule has 5 heteroatoms. The van der Waals surface area contributed by atoms with Gasteiger partial charge in [0.25, 0.3) is 0 Å². The Bertz CT molecular complexity index is 464. The highest BCUT2D eigenvalue weighted by Gasteiger charge is 2.27. The molecule has 0 aliphatic carbocycles. The first-order chi connectivity index (χ1) is 10.3. The molecular formula is C17H26ClN3O. The highest BCUT2D eigenvalue weighted by atomic mass is 35.5. The monoisotopic (exact) mass is 323 g/mol. The second-order valence-corrected chi connectivity index (χ2v) is 6.29. The molecule has 122 valence electrons. The quantitative estimate of drug-likeness (QED) is 0.829. The van der Waals surface area contributed by atoms with Gasteiger partial charge in [0.1, 0.15) is 0 Å². The summed E-state index contributed by atoms with van der Waals surface area (Å²) >= 11 is 0. The van der Waals surface area contributed by atoms with E-state index in [4.69, 9.17) is 0 Å².